The van der Waals surface area contributed by atoms with Crippen LogP contribution in [0.25, 0.3) is 0 Å². The highest BCUT2D eigenvalue weighted by molar-refractivity contribution is 5.77. The van der Waals surface area contributed by atoms with Crippen molar-refractivity contribution in [2.75, 3.05) is 32.8 Å². The maximum absolute atomic E-state index is 11.6. The minimum Gasteiger partial charge on any atom is -0.464 e. The van der Waals surface area contributed by atoms with Crippen molar-refractivity contribution in [1.82, 2.24) is 19.9 Å². The van der Waals surface area contributed by atoms with E-state index in [1.165, 1.54) is 0 Å². The minimum absolute atomic E-state index is 0.0439. The van der Waals surface area contributed by atoms with Gasteiger partial charge in [0.05, 0.1) is 12.6 Å². The van der Waals surface area contributed by atoms with Crippen LogP contribution in [0.3, 0.4) is 0 Å². The van der Waals surface area contributed by atoms with Gasteiger partial charge in [-0.05, 0) is 6.92 Å². The molecule has 2 saturated heterocycles. The van der Waals surface area contributed by atoms with Gasteiger partial charge in [0.2, 0.25) is 5.89 Å². The van der Waals surface area contributed by atoms with Crippen LogP contribution in [0.1, 0.15) is 38.0 Å². The molecule has 116 valence electrons. The lowest BCUT2D eigenvalue weighted by Gasteiger charge is -2.38. The number of hydrogen-bond acceptors (Lipinski definition) is 7. The van der Waals surface area contributed by atoms with E-state index >= 15 is 0 Å². The van der Waals surface area contributed by atoms with E-state index in [0.29, 0.717) is 12.5 Å². The molecule has 0 spiro atoms. The summed E-state index contributed by atoms with van der Waals surface area (Å²) < 4.78 is 10.4. The second-order valence-corrected chi connectivity index (χ2v) is 5.62. The monoisotopic (exact) mass is 294 g/mol. The maximum Gasteiger partial charge on any atom is 0.323 e. The van der Waals surface area contributed by atoms with Gasteiger partial charge in [-0.15, -0.1) is 0 Å². The van der Waals surface area contributed by atoms with Crippen molar-refractivity contribution in [3.63, 3.8) is 0 Å². The fraction of sp³-hybridized carbons (Fsp3) is 0.786. The van der Waals surface area contributed by atoms with Gasteiger partial charge in [0.25, 0.3) is 0 Å². The molecule has 0 aromatic carbocycles. The summed E-state index contributed by atoms with van der Waals surface area (Å²) in [6.07, 6.45) is 1.60. The number of carbonyl (C=O) groups is 1. The zero-order valence-corrected chi connectivity index (χ0v) is 12.6. The van der Waals surface area contributed by atoms with Gasteiger partial charge in [-0.1, -0.05) is 12.1 Å². The Morgan fingerprint density at radius 3 is 2.67 bits per heavy atom. The Morgan fingerprint density at radius 2 is 2.10 bits per heavy atom. The molecule has 21 heavy (non-hydrogen) atoms. The van der Waals surface area contributed by atoms with Crippen LogP contribution in [0.5, 0.6) is 0 Å². The number of aryl methyl sites for hydroxylation is 1. The van der Waals surface area contributed by atoms with Gasteiger partial charge in [0, 0.05) is 39.0 Å². The zero-order chi connectivity index (χ0) is 14.8. The molecule has 0 radical (unpaired) electrons. The summed E-state index contributed by atoms with van der Waals surface area (Å²) in [5, 5.41) is 3.95. The van der Waals surface area contributed by atoms with Crippen molar-refractivity contribution >= 4 is 5.97 Å². The Labute approximate surface area is 124 Å². The SMILES string of the molecule is CCc1noc(C(C)N2CCN(C3CCOC3=O)CC2)n1. The molecule has 0 aliphatic carbocycles. The molecule has 0 N–H and O–H groups in total. The van der Waals surface area contributed by atoms with Crippen molar-refractivity contribution in [2.24, 2.45) is 0 Å². The predicted molar refractivity (Wildman–Crippen MR) is 74.6 cm³/mol. The summed E-state index contributed by atoms with van der Waals surface area (Å²) in [5.74, 6) is 1.37. The molecule has 2 fully saturated rings. The first kappa shape index (κ1) is 14.5. The molecular formula is C14H22N4O3. The number of esters is 1. The first-order chi connectivity index (χ1) is 10.2. The number of piperazine rings is 1. The number of cyclic esters (lactones) is 1. The zero-order valence-electron chi connectivity index (χ0n) is 12.6. The quantitative estimate of drug-likeness (QED) is 0.754. The van der Waals surface area contributed by atoms with Crippen molar-refractivity contribution < 1.29 is 14.1 Å². The molecule has 2 aliphatic rings. The van der Waals surface area contributed by atoms with Crippen LogP contribution in [0, 0.1) is 0 Å². The molecule has 7 heteroatoms. The van der Waals surface area contributed by atoms with E-state index < -0.39 is 0 Å². The Balaban J connectivity index is 1.56. The Morgan fingerprint density at radius 1 is 1.33 bits per heavy atom. The highest BCUT2D eigenvalue weighted by Crippen LogP contribution is 2.22. The molecule has 1 aromatic heterocycles. The van der Waals surface area contributed by atoms with Crippen LogP contribution in [0.15, 0.2) is 4.52 Å². The van der Waals surface area contributed by atoms with Crippen LogP contribution in [0.2, 0.25) is 0 Å². The number of ether oxygens (including phenoxy) is 1. The Kier molecular flexibility index (Phi) is 4.21. The topological polar surface area (TPSA) is 71.7 Å². The van der Waals surface area contributed by atoms with E-state index in [2.05, 4.69) is 26.9 Å². The average Bonchev–Trinajstić information content (AvgIpc) is 3.15. The molecule has 2 atom stereocenters. The Bertz CT molecular complexity index is 496. The van der Waals surface area contributed by atoms with Gasteiger partial charge < -0.3 is 9.26 Å². The van der Waals surface area contributed by atoms with Crippen molar-refractivity contribution in [1.29, 1.82) is 0 Å². The summed E-state index contributed by atoms with van der Waals surface area (Å²) in [6.45, 7) is 8.20. The van der Waals surface area contributed by atoms with Crippen LogP contribution >= 0.6 is 0 Å². The maximum atomic E-state index is 11.6. The van der Waals surface area contributed by atoms with Crippen LogP contribution in [-0.4, -0.2) is 64.7 Å². The van der Waals surface area contributed by atoms with E-state index in [1.54, 1.807) is 0 Å². The minimum atomic E-state index is -0.0685. The normalized spacial score (nSPS) is 26.0. The van der Waals surface area contributed by atoms with Crippen LogP contribution in [0.4, 0.5) is 0 Å². The number of rotatable bonds is 4. The molecule has 0 bridgehead atoms. The highest BCUT2D eigenvalue weighted by Gasteiger charge is 2.35. The fourth-order valence-corrected chi connectivity index (χ4v) is 2.99. The highest BCUT2D eigenvalue weighted by atomic mass is 16.5. The smallest absolute Gasteiger partial charge is 0.323 e. The summed E-state index contributed by atoms with van der Waals surface area (Å²) in [6, 6.07) is 0.0769. The second-order valence-electron chi connectivity index (χ2n) is 5.62. The molecule has 2 aliphatic heterocycles. The molecule has 7 nitrogen and oxygen atoms in total. The molecule has 1 aromatic rings. The number of aromatic nitrogens is 2. The predicted octanol–water partition coefficient (Wildman–Crippen LogP) is 0.626. The average molecular weight is 294 g/mol. The van der Waals surface area contributed by atoms with E-state index in [1.807, 2.05) is 6.92 Å². The van der Waals surface area contributed by atoms with Crippen LogP contribution in [-0.2, 0) is 16.0 Å². The standard InChI is InChI=1S/C14H22N4O3/c1-3-12-15-13(21-16-12)10(2)17-5-7-18(8-6-17)11-4-9-20-14(11)19/h10-11H,3-9H2,1-2H3. The van der Waals surface area contributed by atoms with E-state index in [4.69, 9.17) is 9.26 Å². The van der Waals surface area contributed by atoms with E-state index in [9.17, 15) is 4.79 Å². The second kappa shape index (κ2) is 6.11. The first-order valence-electron chi connectivity index (χ1n) is 7.66. The van der Waals surface area contributed by atoms with E-state index in [0.717, 1.165) is 44.8 Å². The first-order valence-corrected chi connectivity index (χ1v) is 7.66. The van der Waals surface area contributed by atoms with Crippen molar-refractivity contribution in [3.8, 4) is 0 Å². The molecule has 3 heterocycles. The largest absolute Gasteiger partial charge is 0.464 e. The summed E-state index contributed by atoms with van der Waals surface area (Å²) in [5.41, 5.74) is 0. The number of nitrogens with zero attached hydrogens (tertiary/aromatic N) is 4. The summed E-state index contributed by atoms with van der Waals surface area (Å²) in [7, 11) is 0. The van der Waals surface area contributed by atoms with E-state index in [-0.39, 0.29) is 18.1 Å². The summed E-state index contributed by atoms with van der Waals surface area (Å²) in [4.78, 5) is 20.6. The van der Waals surface area contributed by atoms with Gasteiger partial charge in [0.15, 0.2) is 5.82 Å². The molecule has 3 rings (SSSR count). The number of hydrogen-bond donors (Lipinski definition) is 0. The van der Waals surface area contributed by atoms with Crippen molar-refractivity contribution in [2.45, 2.75) is 38.8 Å². The third-order valence-corrected chi connectivity index (χ3v) is 4.40. The van der Waals surface area contributed by atoms with Crippen LogP contribution < -0.4 is 0 Å². The van der Waals surface area contributed by atoms with Gasteiger partial charge in [-0.2, -0.15) is 4.98 Å². The van der Waals surface area contributed by atoms with Crippen molar-refractivity contribution in [3.05, 3.63) is 11.7 Å². The van der Waals surface area contributed by atoms with Gasteiger partial charge in [-0.3, -0.25) is 14.6 Å². The number of carbonyl (C=O) groups excluding carboxylic acids is 1. The molecule has 2 unspecified atom stereocenters. The summed E-state index contributed by atoms with van der Waals surface area (Å²) >= 11 is 0. The molecule has 0 saturated carbocycles. The molecule has 0 amide bonds. The van der Waals surface area contributed by atoms with Gasteiger partial charge in [-0.25, -0.2) is 0 Å². The lowest BCUT2D eigenvalue weighted by Crippen LogP contribution is -2.52. The lowest BCUT2D eigenvalue weighted by molar-refractivity contribution is -0.143. The fourth-order valence-electron chi connectivity index (χ4n) is 2.99. The lowest BCUT2D eigenvalue weighted by atomic mass is 10.1. The third kappa shape index (κ3) is 2.94. The van der Waals surface area contributed by atoms with Gasteiger partial charge in [0.1, 0.15) is 6.04 Å². The third-order valence-electron chi connectivity index (χ3n) is 4.40. The molecular weight excluding hydrogens is 272 g/mol. The Hall–Kier alpha value is -1.47. The van der Waals surface area contributed by atoms with Gasteiger partial charge >= 0.3 is 5.97 Å².